The highest BCUT2D eigenvalue weighted by molar-refractivity contribution is 6.00. The van der Waals surface area contributed by atoms with Crippen molar-refractivity contribution in [3.63, 3.8) is 0 Å². The Kier molecular flexibility index (Phi) is 6.81. The molecule has 4 aromatic heterocycles. The monoisotopic (exact) mass is 502 g/mol. The number of carbonyl (C=O) groups excluding carboxylic acids is 2. The van der Waals surface area contributed by atoms with Crippen LogP contribution in [0.25, 0.3) is 16.9 Å². The van der Waals surface area contributed by atoms with Crippen molar-refractivity contribution in [2.45, 2.75) is 25.6 Å². The van der Waals surface area contributed by atoms with Gasteiger partial charge in [-0.2, -0.15) is 10.4 Å². The number of anilines is 2. The molecule has 0 saturated heterocycles. The number of rotatable bonds is 8. The van der Waals surface area contributed by atoms with E-state index in [2.05, 4.69) is 25.7 Å². The number of aliphatic hydroxyl groups is 1. The van der Waals surface area contributed by atoms with Crippen LogP contribution in [0.15, 0.2) is 55.0 Å². The second-order valence-corrected chi connectivity index (χ2v) is 8.78. The number of nitrogens with two attached hydrogens (primary N) is 1. The van der Waals surface area contributed by atoms with E-state index in [0.29, 0.717) is 33.8 Å². The Morgan fingerprint density at radius 1 is 1.19 bits per heavy atom. The lowest BCUT2D eigenvalue weighted by molar-refractivity contribution is -0.00177. The van der Waals surface area contributed by atoms with Crippen molar-refractivity contribution >= 4 is 28.7 Å². The molecular formula is C25H23FN8O3. The zero-order valence-electron chi connectivity index (χ0n) is 19.9. The highest BCUT2D eigenvalue weighted by Crippen LogP contribution is 2.27. The Bertz CT molecular complexity index is 1520. The zero-order chi connectivity index (χ0) is 26.7. The largest absolute Gasteiger partial charge is 0.387 e. The van der Waals surface area contributed by atoms with Gasteiger partial charge in [0.2, 0.25) is 0 Å². The van der Waals surface area contributed by atoms with Crippen molar-refractivity contribution in [2.24, 2.45) is 5.73 Å². The summed E-state index contributed by atoms with van der Waals surface area (Å²) < 4.78 is 15.8. The molecule has 4 heterocycles. The van der Waals surface area contributed by atoms with Crippen molar-refractivity contribution in [1.82, 2.24) is 24.9 Å². The molecule has 1 unspecified atom stereocenters. The molecule has 37 heavy (non-hydrogen) atoms. The second-order valence-electron chi connectivity index (χ2n) is 8.78. The van der Waals surface area contributed by atoms with Crippen molar-refractivity contribution in [2.75, 3.05) is 11.9 Å². The fourth-order valence-corrected chi connectivity index (χ4v) is 3.43. The Hall–Kier alpha value is -4.89. The van der Waals surface area contributed by atoms with E-state index in [1.54, 1.807) is 34.8 Å². The molecule has 12 heteroatoms. The molecule has 2 amide bonds. The average Bonchev–Trinajstić information content (AvgIpc) is 3.30. The summed E-state index contributed by atoms with van der Waals surface area (Å²) in [6, 6.07) is 11.9. The Morgan fingerprint density at radius 3 is 2.62 bits per heavy atom. The summed E-state index contributed by atoms with van der Waals surface area (Å²) in [7, 11) is 0. The van der Waals surface area contributed by atoms with Crippen LogP contribution in [0, 0.1) is 11.3 Å². The topological polar surface area (TPSA) is 171 Å². The van der Waals surface area contributed by atoms with Gasteiger partial charge in [-0.3, -0.25) is 14.6 Å². The van der Waals surface area contributed by atoms with Gasteiger partial charge >= 0.3 is 0 Å². The van der Waals surface area contributed by atoms with E-state index in [1.807, 2.05) is 6.07 Å². The van der Waals surface area contributed by atoms with Crippen molar-refractivity contribution in [3.05, 3.63) is 71.8 Å². The minimum absolute atomic E-state index is 0.0713. The van der Waals surface area contributed by atoms with Gasteiger partial charge < -0.3 is 21.5 Å². The summed E-state index contributed by atoms with van der Waals surface area (Å²) in [4.78, 5) is 32.7. The molecule has 11 nitrogen and oxygen atoms in total. The van der Waals surface area contributed by atoms with Crippen molar-refractivity contribution < 1.29 is 19.1 Å². The first kappa shape index (κ1) is 25.2. The maximum absolute atomic E-state index is 14.2. The molecule has 0 fully saturated rings. The van der Waals surface area contributed by atoms with Gasteiger partial charge in [-0.05, 0) is 50.2 Å². The lowest BCUT2D eigenvalue weighted by Gasteiger charge is -2.22. The fourth-order valence-electron chi connectivity index (χ4n) is 3.43. The van der Waals surface area contributed by atoms with Crippen molar-refractivity contribution in [1.29, 1.82) is 5.26 Å². The molecule has 0 aliphatic carbocycles. The maximum Gasteiger partial charge on any atom is 0.267 e. The summed E-state index contributed by atoms with van der Waals surface area (Å²) in [6.45, 7) is 2.21. The smallest absolute Gasteiger partial charge is 0.267 e. The highest BCUT2D eigenvalue weighted by atomic mass is 19.1. The number of nitrogens with one attached hydrogen (secondary N) is 2. The van der Waals surface area contributed by atoms with Crippen LogP contribution < -0.4 is 16.4 Å². The van der Waals surface area contributed by atoms with Gasteiger partial charge in [0.15, 0.2) is 0 Å². The number of halogens is 1. The highest BCUT2D eigenvalue weighted by Gasteiger charge is 2.27. The minimum atomic E-state index is -1.69. The summed E-state index contributed by atoms with van der Waals surface area (Å²) >= 11 is 0. The van der Waals surface area contributed by atoms with E-state index in [1.165, 1.54) is 38.5 Å². The SMILES string of the molecule is CC(C)(O)C(F)CNC(=O)c1cnc(-c2ccc3cc(C#N)cnn23)cc1Nc1ccc(C(N)=O)nc1. The van der Waals surface area contributed by atoms with Crippen LogP contribution >= 0.6 is 0 Å². The molecule has 0 bridgehead atoms. The van der Waals surface area contributed by atoms with Crippen LogP contribution in [0.1, 0.15) is 40.3 Å². The third-order valence-corrected chi connectivity index (χ3v) is 5.54. The quantitative estimate of drug-likeness (QED) is 0.284. The molecule has 0 aromatic carbocycles. The van der Waals surface area contributed by atoms with E-state index in [9.17, 15) is 19.1 Å². The van der Waals surface area contributed by atoms with Gasteiger partial charge in [0.1, 0.15) is 17.9 Å². The van der Waals surface area contributed by atoms with E-state index >= 15 is 0 Å². The summed E-state index contributed by atoms with van der Waals surface area (Å²) in [5, 5.41) is 28.8. The standard InChI is InChI=1S/C25H23FN8O3/c1-25(2,37)22(26)13-31-24(36)17-12-30-20(21-6-4-16-7-14(9-27)10-32-34(16)21)8-19(17)33-15-3-5-18(23(28)35)29-11-15/h3-8,10-12,22,37H,13H2,1-2H3,(H2,28,35)(H,30,33)(H,31,36). The van der Waals surface area contributed by atoms with E-state index in [4.69, 9.17) is 11.0 Å². The molecule has 0 radical (unpaired) electrons. The summed E-state index contributed by atoms with van der Waals surface area (Å²) in [6.07, 6.45) is 2.45. The molecule has 0 spiro atoms. The van der Waals surface area contributed by atoms with Crippen LogP contribution in [-0.4, -0.2) is 54.8 Å². The molecule has 0 aliphatic rings. The van der Waals surface area contributed by atoms with Crippen LogP contribution in [0.3, 0.4) is 0 Å². The lowest BCUT2D eigenvalue weighted by atomic mass is 10.0. The molecule has 0 saturated carbocycles. The average molecular weight is 503 g/mol. The summed E-state index contributed by atoms with van der Waals surface area (Å²) in [5.74, 6) is -1.30. The molecule has 5 N–H and O–H groups in total. The fraction of sp³-hybridized carbons (Fsp3) is 0.200. The van der Waals surface area contributed by atoms with Gasteiger partial charge in [-0.1, -0.05) is 0 Å². The number of hydrogen-bond acceptors (Lipinski definition) is 8. The lowest BCUT2D eigenvalue weighted by Crippen LogP contribution is -2.42. The second kappa shape index (κ2) is 10.00. The Labute approximate surface area is 210 Å². The van der Waals surface area contributed by atoms with Crippen LogP contribution in [0.2, 0.25) is 0 Å². The van der Waals surface area contributed by atoms with Gasteiger partial charge in [-0.25, -0.2) is 13.9 Å². The first-order chi connectivity index (χ1) is 17.6. The predicted molar refractivity (Wildman–Crippen MR) is 133 cm³/mol. The molecule has 188 valence electrons. The van der Waals surface area contributed by atoms with Crippen LogP contribution in [0.5, 0.6) is 0 Å². The first-order valence-electron chi connectivity index (χ1n) is 11.1. The van der Waals surface area contributed by atoms with Gasteiger partial charge in [0, 0.05) is 6.20 Å². The Morgan fingerprint density at radius 2 is 1.97 bits per heavy atom. The number of alkyl halides is 1. The number of fused-ring (bicyclic) bond motifs is 1. The number of nitriles is 1. The number of aromatic nitrogens is 4. The molecule has 4 aromatic rings. The third-order valence-electron chi connectivity index (χ3n) is 5.54. The molecular weight excluding hydrogens is 479 g/mol. The van der Waals surface area contributed by atoms with Gasteiger partial charge in [0.25, 0.3) is 11.8 Å². The van der Waals surface area contributed by atoms with Crippen LogP contribution in [-0.2, 0) is 0 Å². The first-order valence-corrected chi connectivity index (χ1v) is 11.1. The third kappa shape index (κ3) is 5.52. The molecule has 4 rings (SSSR count). The molecule has 1 atom stereocenters. The van der Waals surface area contributed by atoms with Crippen LogP contribution in [0.4, 0.5) is 15.8 Å². The maximum atomic E-state index is 14.2. The van der Waals surface area contributed by atoms with Crippen molar-refractivity contribution in [3.8, 4) is 17.5 Å². The van der Waals surface area contributed by atoms with E-state index in [0.717, 1.165) is 0 Å². The Balaban J connectivity index is 1.71. The van der Waals surface area contributed by atoms with Gasteiger partial charge in [-0.15, -0.1) is 0 Å². The van der Waals surface area contributed by atoms with E-state index < -0.39 is 30.1 Å². The number of pyridine rings is 2. The molecule has 0 aliphatic heterocycles. The number of carbonyl (C=O) groups is 2. The number of primary amides is 1. The van der Waals surface area contributed by atoms with Gasteiger partial charge in [0.05, 0.1) is 63.9 Å². The zero-order valence-corrected chi connectivity index (χ0v) is 19.9. The summed E-state index contributed by atoms with van der Waals surface area (Å²) in [5.41, 5.74) is 6.71. The predicted octanol–water partition coefficient (Wildman–Crippen LogP) is 2.34. The minimum Gasteiger partial charge on any atom is -0.387 e. The number of nitrogens with zero attached hydrogens (tertiary/aromatic N) is 5. The normalized spacial score (nSPS) is 12.1. The number of hydrogen-bond donors (Lipinski definition) is 4. The van der Waals surface area contributed by atoms with E-state index in [-0.39, 0.29) is 11.3 Å². The number of amides is 2.